The first-order valence-electron chi connectivity index (χ1n) is 5.15. The number of benzene rings is 1. The van der Waals surface area contributed by atoms with Crippen molar-refractivity contribution >= 4 is 11.6 Å². The first-order chi connectivity index (χ1) is 7.33. The SMILES string of the molecule is N#CCCCCNCc1ccc(Cl)cc1. The molecule has 0 amide bonds. The number of rotatable bonds is 6. The van der Waals surface area contributed by atoms with Crippen molar-refractivity contribution in [2.75, 3.05) is 6.54 Å². The van der Waals surface area contributed by atoms with E-state index in [2.05, 4.69) is 11.4 Å². The van der Waals surface area contributed by atoms with Crippen LogP contribution in [-0.4, -0.2) is 6.54 Å². The van der Waals surface area contributed by atoms with Gasteiger partial charge in [0.05, 0.1) is 6.07 Å². The monoisotopic (exact) mass is 222 g/mol. The van der Waals surface area contributed by atoms with Crippen molar-refractivity contribution in [2.24, 2.45) is 0 Å². The molecule has 1 aromatic carbocycles. The van der Waals surface area contributed by atoms with Crippen LogP contribution in [0.4, 0.5) is 0 Å². The number of nitrogens with one attached hydrogen (secondary N) is 1. The van der Waals surface area contributed by atoms with Crippen molar-refractivity contribution in [1.82, 2.24) is 5.32 Å². The maximum atomic E-state index is 8.34. The minimum atomic E-state index is 0.655. The van der Waals surface area contributed by atoms with Crippen molar-refractivity contribution in [2.45, 2.75) is 25.8 Å². The number of halogens is 1. The molecule has 0 fully saturated rings. The van der Waals surface area contributed by atoms with Crippen LogP contribution in [0.5, 0.6) is 0 Å². The summed E-state index contributed by atoms with van der Waals surface area (Å²) >= 11 is 5.78. The molecule has 0 bridgehead atoms. The average Bonchev–Trinajstić information content (AvgIpc) is 2.26. The van der Waals surface area contributed by atoms with Crippen molar-refractivity contribution < 1.29 is 0 Å². The minimum absolute atomic E-state index is 0.655. The number of unbranched alkanes of at least 4 members (excludes halogenated alkanes) is 2. The molecule has 1 N–H and O–H groups in total. The number of nitrogens with zero attached hydrogens (tertiary/aromatic N) is 1. The van der Waals surface area contributed by atoms with Gasteiger partial charge >= 0.3 is 0 Å². The number of hydrogen-bond acceptors (Lipinski definition) is 2. The summed E-state index contributed by atoms with van der Waals surface area (Å²) in [4.78, 5) is 0. The van der Waals surface area contributed by atoms with Gasteiger partial charge < -0.3 is 5.32 Å². The van der Waals surface area contributed by atoms with Crippen molar-refractivity contribution in [3.63, 3.8) is 0 Å². The smallest absolute Gasteiger partial charge is 0.0621 e. The molecule has 0 aliphatic carbocycles. The van der Waals surface area contributed by atoms with Crippen LogP contribution in [-0.2, 0) is 6.54 Å². The van der Waals surface area contributed by atoms with Gasteiger partial charge in [-0.1, -0.05) is 23.7 Å². The second-order valence-corrected chi connectivity index (χ2v) is 3.85. The topological polar surface area (TPSA) is 35.8 Å². The molecule has 0 radical (unpaired) electrons. The molecule has 1 rings (SSSR count). The minimum Gasteiger partial charge on any atom is -0.313 e. The summed E-state index contributed by atoms with van der Waals surface area (Å²) in [6, 6.07) is 9.97. The van der Waals surface area contributed by atoms with Crippen LogP contribution >= 0.6 is 11.6 Å². The van der Waals surface area contributed by atoms with Gasteiger partial charge in [-0.2, -0.15) is 5.26 Å². The van der Waals surface area contributed by atoms with Crippen LogP contribution < -0.4 is 5.32 Å². The Morgan fingerprint density at radius 3 is 2.60 bits per heavy atom. The van der Waals surface area contributed by atoms with Crippen LogP contribution in [0, 0.1) is 11.3 Å². The van der Waals surface area contributed by atoms with Gasteiger partial charge in [-0.3, -0.25) is 0 Å². The van der Waals surface area contributed by atoms with Gasteiger partial charge in [0.25, 0.3) is 0 Å². The lowest BCUT2D eigenvalue weighted by atomic mass is 10.2. The molecule has 0 saturated heterocycles. The standard InChI is InChI=1S/C12H15ClN2/c13-12-6-4-11(5-7-12)10-15-9-3-1-2-8-14/h4-7,15H,1-3,9-10H2. The van der Waals surface area contributed by atoms with Crippen molar-refractivity contribution in [3.05, 3.63) is 34.9 Å². The zero-order valence-corrected chi connectivity index (χ0v) is 9.43. The highest BCUT2D eigenvalue weighted by Gasteiger charge is 1.92. The lowest BCUT2D eigenvalue weighted by Crippen LogP contribution is -2.14. The lowest BCUT2D eigenvalue weighted by molar-refractivity contribution is 0.629. The molecule has 3 heteroatoms. The molecule has 0 aliphatic heterocycles. The molecule has 0 heterocycles. The first-order valence-corrected chi connectivity index (χ1v) is 5.53. The first kappa shape index (κ1) is 12.0. The molecule has 0 saturated carbocycles. The summed E-state index contributed by atoms with van der Waals surface area (Å²) in [5.74, 6) is 0. The van der Waals surface area contributed by atoms with Crippen LogP contribution in [0.3, 0.4) is 0 Å². The van der Waals surface area contributed by atoms with E-state index in [0.29, 0.717) is 6.42 Å². The van der Waals surface area contributed by atoms with E-state index in [1.165, 1.54) is 5.56 Å². The summed E-state index contributed by atoms with van der Waals surface area (Å²) in [6.07, 6.45) is 2.69. The predicted molar refractivity (Wildman–Crippen MR) is 62.6 cm³/mol. The van der Waals surface area contributed by atoms with Crippen LogP contribution in [0.1, 0.15) is 24.8 Å². The molecule has 15 heavy (non-hydrogen) atoms. The Bertz CT molecular complexity index is 313. The zero-order chi connectivity index (χ0) is 10.9. The fourth-order valence-corrected chi connectivity index (χ4v) is 1.42. The van der Waals surface area contributed by atoms with E-state index in [1.807, 2.05) is 24.3 Å². The quantitative estimate of drug-likeness (QED) is 0.751. The number of nitriles is 1. The molecule has 0 atom stereocenters. The van der Waals surface area contributed by atoms with Crippen molar-refractivity contribution in [1.29, 1.82) is 5.26 Å². The summed E-state index contributed by atoms with van der Waals surface area (Å²) in [6.45, 7) is 1.83. The largest absolute Gasteiger partial charge is 0.313 e. The third-order valence-corrected chi connectivity index (χ3v) is 2.39. The van der Waals surface area contributed by atoms with Gasteiger partial charge in [-0.05, 0) is 37.1 Å². The van der Waals surface area contributed by atoms with E-state index >= 15 is 0 Å². The van der Waals surface area contributed by atoms with E-state index in [-0.39, 0.29) is 0 Å². The Labute approximate surface area is 95.9 Å². The van der Waals surface area contributed by atoms with Crippen LogP contribution in [0.25, 0.3) is 0 Å². The third kappa shape index (κ3) is 5.41. The van der Waals surface area contributed by atoms with Gasteiger partial charge in [0, 0.05) is 18.0 Å². The summed E-state index contributed by atoms with van der Waals surface area (Å²) in [5, 5.41) is 12.4. The highest BCUT2D eigenvalue weighted by molar-refractivity contribution is 6.30. The van der Waals surface area contributed by atoms with Gasteiger partial charge in [0.1, 0.15) is 0 Å². The Hall–Kier alpha value is -1.04. The number of hydrogen-bond donors (Lipinski definition) is 1. The lowest BCUT2D eigenvalue weighted by Gasteiger charge is -2.03. The summed E-state index contributed by atoms with van der Waals surface area (Å²) in [5.41, 5.74) is 1.24. The normalized spacial score (nSPS) is 9.87. The Morgan fingerprint density at radius 2 is 1.93 bits per heavy atom. The highest BCUT2D eigenvalue weighted by atomic mass is 35.5. The van der Waals surface area contributed by atoms with Gasteiger partial charge in [0.2, 0.25) is 0 Å². The fraction of sp³-hybridized carbons (Fsp3) is 0.417. The maximum Gasteiger partial charge on any atom is 0.0621 e. The van der Waals surface area contributed by atoms with Crippen LogP contribution in [0.2, 0.25) is 5.02 Å². The van der Waals surface area contributed by atoms with Crippen molar-refractivity contribution in [3.8, 4) is 6.07 Å². The van der Waals surface area contributed by atoms with E-state index < -0.39 is 0 Å². The molecule has 1 aromatic rings. The van der Waals surface area contributed by atoms with E-state index in [4.69, 9.17) is 16.9 Å². The summed E-state index contributed by atoms with van der Waals surface area (Å²) in [7, 11) is 0. The Balaban J connectivity index is 2.10. The highest BCUT2D eigenvalue weighted by Crippen LogP contribution is 2.09. The molecule has 0 unspecified atom stereocenters. The third-order valence-electron chi connectivity index (χ3n) is 2.13. The van der Waals surface area contributed by atoms with Gasteiger partial charge in [-0.15, -0.1) is 0 Å². The average molecular weight is 223 g/mol. The second kappa shape index (κ2) is 7.28. The van der Waals surface area contributed by atoms with E-state index in [0.717, 1.165) is 31.0 Å². The van der Waals surface area contributed by atoms with Crippen LogP contribution in [0.15, 0.2) is 24.3 Å². The van der Waals surface area contributed by atoms with E-state index in [1.54, 1.807) is 0 Å². The zero-order valence-electron chi connectivity index (χ0n) is 8.67. The Morgan fingerprint density at radius 1 is 1.20 bits per heavy atom. The molecule has 0 spiro atoms. The molecule has 80 valence electrons. The molecule has 0 aliphatic rings. The predicted octanol–water partition coefficient (Wildman–Crippen LogP) is 3.12. The molecular weight excluding hydrogens is 208 g/mol. The second-order valence-electron chi connectivity index (χ2n) is 3.42. The summed E-state index contributed by atoms with van der Waals surface area (Å²) < 4.78 is 0. The van der Waals surface area contributed by atoms with E-state index in [9.17, 15) is 0 Å². The van der Waals surface area contributed by atoms with Gasteiger partial charge in [0.15, 0.2) is 0 Å². The fourth-order valence-electron chi connectivity index (χ4n) is 1.29. The maximum absolute atomic E-state index is 8.34. The Kier molecular flexibility index (Phi) is 5.84. The molecule has 2 nitrogen and oxygen atoms in total. The van der Waals surface area contributed by atoms with Gasteiger partial charge in [-0.25, -0.2) is 0 Å². The molecule has 0 aromatic heterocycles. The molecular formula is C12H15ClN2.